The van der Waals surface area contributed by atoms with E-state index in [1.807, 2.05) is 0 Å². The van der Waals surface area contributed by atoms with Crippen molar-refractivity contribution in [3.05, 3.63) is 295 Å². The van der Waals surface area contributed by atoms with Gasteiger partial charge in [-0.2, -0.15) is 0 Å². The third-order valence-corrected chi connectivity index (χ3v) is 14.4. The van der Waals surface area contributed by atoms with Crippen LogP contribution in [-0.4, -0.2) is 0 Å². The highest BCUT2D eigenvalue weighted by molar-refractivity contribution is 6.12. The van der Waals surface area contributed by atoms with E-state index in [0.717, 1.165) is 17.1 Å². The Balaban J connectivity index is 0.947. The van der Waals surface area contributed by atoms with Crippen molar-refractivity contribution < 1.29 is 0 Å². The Kier molecular flexibility index (Phi) is 9.47. The lowest BCUT2D eigenvalue weighted by atomic mass is 9.67. The molecule has 0 bridgehead atoms. The van der Waals surface area contributed by atoms with E-state index in [0.29, 0.717) is 0 Å². The van der Waals surface area contributed by atoms with Crippen LogP contribution in [0.3, 0.4) is 0 Å². The first-order chi connectivity index (χ1) is 33.7. The molecule has 0 saturated heterocycles. The monoisotopic (exact) mass is 863 g/mol. The van der Waals surface area contributed by atoms with Crippen molar-refractivity contribution in [3.63, 3.8) is 0 Å². The SMILES string of the molecule is c1ccc(C2(c3ccccc3)c3ccccc3-c3ccc(N(c4ccc(-c5ccc(-c6cccc7ccccc67)cc5)cc4)c4ccc(-c5cccc6c5ccc5ccccc56)cc4)cc32)cc1. The van der Waals surface area contributed by atoms with Gasteiger partial charge in [-0.3, -0.25) is 0 Å². The highest BCUT2D eigenvalue weighted by atomic mass is 15.1. The summed E-state index contributed by atoms with van der Waals surface area (Å²) >= 11 is 0. The van der Waals surface area contributed by atoms with Crippen LogP contribution in [0.5, 0.6) is 0 Å². The Morgan fingerprint density at radius 2 is 0.676 bits per heavy atom. The standard InChI is InChI=1S/C67H45N/c1-3-18-52(19-4-1)67(53-20-5-2-6-21-53)65-28-12-11-24-63(65)64-44-42-56(45-66(64)67)68(55-40-35-51(36-41-55)60-26-14-27-61-59-23-10-8-16-49(59)37-43-62(60)61)54-38-33-47(34-39-54)46-29-31-50(32-30-46)58-25-13-17-48-15-7-9-22-57(48)58/h1-45H. The predicted molar refractivity (Wildman–Crippen MR) is 287 cm³/mol. The number of benzene rings is 12. The molecule has 1 nitrogen and oxygen atoms in total. The number of rotatable bonds is 8. The van der Waals surface area contributed by atoms with Crippen LogP contribution in [0.2, 0.25) is 0 Å². The lowest BCUT2D eigenvalue weighted by molar-refractivity contribution is 0.768. The van der Waals surface area contributed by atoms with Crippen LogP contribution in [0.25, 0.3) is 76.8 Å². The normalized spacial score (nSPS) is 12.5. The average Bonchev–Trinajstić information content (AvgIpc) is 3.72. The molecule has 0 radical (unpaired) electrons. The molecule has 1 aliphatic rings. The van der Waals surface area contributed by atoms with Crippen LogP contribution >= 0.6 is 0 Å². The number of anilines is 3. The molecule has 68 heavy (non-hydrogen) atoms. The smallest absolute Gasteiger partial charge is 0.0714 e. The fraction of sp³-hybridized carbons (Fsp3) is 0.0149. The highest BCUT2D eigenvalue weighted by Crippen LogP contribution is 2.57. The number of nitrogens with zero attached hydrogens (tertiary/aromatic N) is 1. The van der Waals surface area contributed by atoms with E-state index in [2.05, 4.69) is 278 Å². The van der Waals surface area contributed by atoms with Gasteiger partial charge in [0.15, 0.2) is 0 Å². The van der Waals surface area contributed by atoms with Gasteiger partial charge < -0.3 is 4.90 Å². The van der Waals surface area contributed by atoms with Crippen molar-refractivity contribution in [3.8, 4) is 44.5 Å². The number of fused-ring (bicyclic) bond motifs is 7. The molecule has 0 N–H and O–H groups in total. The molecule has 318 valence electrons. The van der Waals surface area contributed by atoms with E-state index < -0.39 is 5.41 Å². The Morgan fingerprint density at radius 1 is 0.235 bits per heavy atom. The summed E-state index contributed by atoms with van der Waals surface area (Å²) in [6.45, 7) is 0. The van der Waals surface area contributed by atoms with Crippen LogP contribution in [0, 0.1) is 0 Å². The van der Waals surface area contributed by atoms with Gasteiger partial charge >= 0.3 is 0 Å². The molecular weight excluding hydrogens is 819 g/mol. The summed E-state index contributed by atoms with van der Waals surface area (Å²) < 4.78 is 0. The summed E-state index contributed by atoms with van der Waals surface area (Å²) in [6, 6.07) is 101. The molecule has 0 aliphatic heterocycles. The van der Waals surface area contributed by atoms with E-state index in [9.17, 15) is 0 Å². The van der Waals surface area contributed by atoms with E-state index in [1.54, 1.807) is 0 Å². The summed E-state index contributed by atoms with van der Waals surface area (Å²) in [7, 11) is 0. The third kappa shape index (κ3) is 6.39. The maximum absolute atomic E-state index is 2.46. The van der Waals surface area contributed by atoms with Crippen LogP contribution in [-0.2, 0) is 5.41 Å². The Hall–Kier alpha value is -8.78. The summed E-state index contributed by atoms with van der Waals surface area (Å²) in [5, 5.41) is 7.59. The van der Waals surface area contributed by atoms with Crippen LogP contribution in [0.1, 0.15) is 22.3 Å². The van der Waals surface area contributed by atoms with E-state index in [1.165, 1.54) is 99.1 Å². The van der Waals surface area contributed by atoms with Crippen molar-refractivity contribution in [2.45, 2.75) is 5.41 Å². The zero-order chi connectivity index (χ0) is 45.0. The minimum atomic E-state index is -0.513. The van der Waals surface area contributed by atoms with E-state index in [-0.39, 0.29) is 0 Å². The number of hydrogen-bond acceptors (Lipinski definition) is 1. The molecular formula is C67H45N. The Labute approximate surface area is 397 Å². The lowest BCUT2D eigenvalue weighted by Gasteiger charge is -2.35. The maximum Gasteiger partial charge on any atom is 0.0714 e. The molecule has 0 saturated carbocycles. The van der Waals surface area contributed by atoms with Crippen molar-refractivity contribution in [1.82, 2.24) is 0 Å². The molecule has 13 rings (SSSR count). The Bertz CT molecular complexity index is 3770. The van der Waals surface area contributed by atoms with Gasteiger partial charge in [-0.05, 0) is 135 Å². The fourth-order valence-electron chi connectivity index (χ4n) is 11.2. The molecule has 0 unspecified atom stereocenters. The van der Waals surface area contributed by atoms with Gasteiger partial charge in [0, 0.05) is 17.1 Å². The second-order valence-electron chi connectivity index (χ2n) is 18.0. The first-order valence-electron chi connectivity index (χ1n) is 23.6. The highest BCUT2D eigenvalue weighted by Gasteiger charge is 2.46. The van der Waals surface area contributed by atoms with E-state index in [4.69, 9.17) is 0 Å². The first kappa shape index (κ1) is 39.6. The second kappa shape index (κ2) is 16.3. The molecule has 1 aliphatic carbocycles. The van der Waals surface area contributed by atoms with Crippen molar-refractivity contribution in [2.75, 3.05) is 4.90 Å². The number of hydrogen-bond donors (Lipinski definition) is 0. The zero-order valence-electron chi connectivity index (χ0n) is 37.4. The van der Waals surface area contributed by atoms with E-state index >= 15 is 0 Å². The van der Waals surface area contributed by atoms with Crippen LogP contribution in [0.15, 0.2) is 273 Å². The molecule has 0 aromatic heterocycles. The predicted octanol–water partition coefficient (Wildman–Crippen LogP) is 18.0. The summed E-state index contributed by atoms with van der Waals surface area (Å²) in [6.07, 6.45) is 0. The topological polar surface area (TPSA) is 3.24 Å². The molecule has 0 heterocycles. The van der Waals surface area contributed by atoms with Gasteiger partial charge in [-0.15, -0.1) is 0 Å². The average molecular weight is 864 g/mol. The molecule has 0 spiro atoms. The van der Waals surface area contributed by atoms with Crippen LogP contribution < -0.4 is 4.90 Å². The Morgan fingerprint density at radius 3 is 1.35 bits per heavy atom. The first-order valence-corrected chi connectivity index (χ1v) is 23.6. The van der Waals surface area contributed by atoms with Gasteiger partial charge in [-0.1, -0.05) is 237 Å². The van der Waals surface area contributed by atoms with Gasteiger partial charge in [0.2, 0.25) is 0 Å². The van der Waals surface area contributed by atoms with Crippen molar-refractivity contribution >= 4 is 49.4 Å². The molecule has 0 atom stereocenters. The molecule has 0 amide bonds. The molecule has 12 aromatic rings. The quantitative estimate of drug-likeness (QED) is 0.138. The molecule has 0 fully saturated rings. The molecule has 12 aromatic carbocycles. The third-order valence-electron chi connectivity index (χ3n) is 14.4. The van der Waals surface area contributed by atoms with Crippen molar-refractivity contribution in [2.24, 2.45) is 0 Å². The minimum Gasteiger partial charge on any atom is -0.310 e. The maximum atomic E-state index is 2.46. The summed E-state index contributed by atoms with van der Waals surface area (Å²) in [4.78, 5) is 2.43. The lowest BCUT2D eigenvalue weighted by Crippen LogP contribution is -2.28. The van der Waals surface area contributed by atoms with Gasteiger partial charge in [0.05, 0.1) is 5.41 Å². The minimum absolute atomic E-state index is 0.513. The zero-order valence-corrected chi connectivity index (χ0v) is 37.4. The van der Waals surface area contributed by atoms with Gasteiger partial charge in [0.25, 0.3) is 0 Å². The van der Waals surface area contributed by atoms with Crippen LogP contribution in [0.4, 0.5) is 17.1 Å². The second-order valence-corrected chi connectivity index (χ2v) is 18.0. The fourth-order valence-corrected chi connectivity index (χ4v) is 11.2. The summed E-state index contributed by atoms with van der Waals surface area (Å²) in [5.41, 5.74) is 17.6. The van der Waals surface area contributed by atoms with Crippen molar-refractivity contribution in [1.29, 1.82) is 0 Å². The molecule has 1 heteroatoms. The largest absolute Gasteiger partial charge is 0.310 e. The van der Waals surface area contributed by atoms with Gasteiger partial charge in [-0.25, -0.2) is 0 Å². The van der Waals surface area contributed by atoms with Gasteiger partial charge in [0.1, 0.15) is 0 Å². The summed E-state index contributed by atoms with van der Waals surface area (Å²) in [5.74, 6) is 0.